The second-order valence-corrected chi connectivity index (χ2v) is 4.78. The van der Waals surface area contributed by atoms with E-state index < -0.39 is 0 Å². The lowest BCUT2D eigenvalue weighted by Gasteiger charge is -2.11. The van der Waals surface area contributed by atoms with Crippen LogP contribution in [0, 0.1) is 13.8 Å². The minimum Gasteiger partial charge on any atom is -0.472 e. The average molecular weight is 280 g/mol. The van der Waals surface area contributed by atoms with Crippen LogP contribution in [0.4, 0.5) is 5.69 Å². The molecule has 2 nitrogen and oxygen atoms in total. The van der Waals surface area contributed by atoms with Crippen LogP contribution in [0.15, 0.2) is 39.6 Å². The molecule has 1 aromatic carbocycles. The number of benzene rings is 1. The van der Waals surface area contributed by atoms with Gasteiger partial charge >= 0.3 is 0 Å². The maximum Gasteiger partial charge on any atom is 0.0952 e. The van der Waals surface area contributed by atoms with Crippen molar-refractivity contribution in [2.24, 2.45) is 0 Å². The zero-order valence-electron chi connectivity index (χ0n) is 9.38. The first-order chi connectivity index (χ1) is 7.66. The molecule has 1 N–H and O–H groups in total. The molecule has 3 heteroatoms. The highest BCUT2D eigenvalue weighted by atomic mass is 79.9. The van der Waals surface area contributed by atoms with E-state index in [2.05, 4.69) is 47.2 Å². The van der Waals surface area contributed by atoms with Crippen molar-refractivity contribution < 1.29 is 4.42 Å². The molecule has 0 aliphatic heterocycles. The van der Waals surface area contributed by atoms with Crippen LogP contribution in [0.2, 0.25) is 0 Å². The SMILES string of the molecule is Cc1cc(C)c(NCc2ccoc2)c(Br)c1. The van der Waals surface area contributed by atoms with Crippen LogP contribution in [-0.4, -0.2) is 0 Å². The molecule has 0 bridgehead atoms. The molecule has 1 aromatic heterocycles. The van der Waals surface area contributed by atoms with Crippen LogP contribution in [-0.2, 0) is 6.54 Å². The second kappa shape index (κ2) is 4.74. The molecular formula is C13H14BrNO. The quantitative estimate of drug-likeness (QED) is 0.908. The third-order valence-corrected chi connectivity index (χ3v) is 3.11. The summed E-state index contributed by atoms with van der Waals surface area (Å²) >= 11 is 3.58. The van der Waals surface area contributed by atoms with E-state index in [-0.39, 0.29) is 0 Å². The Bertz CT molecular complexity index is 454. The number of rotatable bonds is 3. The maximum absolute atomic E-state index is 5.03. The van der Waals surface area contributed by atoms with Gasteiger partial charge in [0, 0.05) is 16.6 Å². The molecule has 2 rings (SSSR count). The normalized spacial score (nSPS) is 10.4. The Morgan fingerprint density at radius 2 is 2.12 bits per heavy atom. The summed E-state index contributed by atoms with van der Waals surface area (Å²) in [6, 6.07) is 6.25. The van der Waals surface area contributed by atoms with Gasteiger partial charge in [-0.05, 0) is 53.0 Å². The summed E-state index contributed by atoms with van der Waals surface area (Å²) in [5, 5.41) is 3.40. The maximum atomic E-state index is 5.03. The van der Waals surface area contributed by atoms with E-state index in [0.717, 1.165) is 22.3 Å². The van der Waals surface area contributed by atoms with Crippen LogP contribution in [0.5, 0.6) is 0 Å². The number of hydrogen-bond donors (Lipinski definition) is 1. The zero-order chi connectivity index (χ0) is 11.5. The Labute approximate surface area is 104 Å². The predicted molar refractivity (Wildman–Crippen MR) is 69.7 cm³/mol. The molecule has 0 radical (unpaired) electrons. The molecule has 1 heterocycles. The number of anilines is 1. The van der Waals surface area contributed by atoms with Gasteiger partial charge in [0.15, 0.2) is 0 Å². The first-order valence-corrected chi connectivity index (χ1v) is 5.98. The number of nitrogens with one attached hydrogen (secondary N) is 1. The van der Waals surface area contributed by atoms with Gasteiger partial charge in [0.2, 0.25) is 0 Å². The zero-order valence-corrected chi connectivity index (χ0v) is 11.0. The molecule has 0 spiro atoms. The van der Waals surface area contributed by atoms with Crippen molar-refractivity contribution in [3.05, 3.63) is 51.9 Å². The predicted octanol–water partition coefficient (Wildman–Crippen LogP) is 4.27. The lowest BCUT2D eigenvalue weighted by atomic mass is 10.1. The number of hydrogen-bond acceptors (Lipinski definition) is 2. The number of halogens is 1. The van der Waals surface area contributed by atoms with Gasteiger partial charge in [-0.1, -0.05) is 6.07 Å². The number of aryl methyl sites for hydroxylation is 2. The van der Waals surface area contributed by atoms with Gasteiger partial charge in [0.1, 0.15) is 0 Å². The standard InChI is InChI=1S/C13H14BrNO/c1-9-5-10(2)13(12(14)6-9)15-7-11-3-4-16-8-11/h3-6,8,15H,7H2,1-2H3. The first-order valence-electron chi connectivity index (χ1n) is 5.18. The minimum atomic E-state index is 0.777. The van der Waals surface area contributed by atoms with Crippen LogP contribution >= 0.6 is 15.9 Å². The van der Waals surface area contributed by atoms with Crippen molar-refractivity contribution >= 4 is 21.6 Å². The van der Waals surface area contributed by atoms with Crippen molar-refractivity contribution in [3.8, 4) is 0 Å². The van der Waals surface area contributed by atoms with Crippen LogP contribution in [0.3, 0.4) is 0 Å². The topological polar surface area (TPSA) is 25.2 Å². The van der Waals surface area contributed by atoms with Gasteiger partial charge in [-0.25, -0.2) is 0 Å². The van der Waals surface area contributed by atoms with Gasteiger partial charge in [-0.15, -0.1) is 0 Å². The lowest BCUT2D eigenvalue weighted by molar-refractivity contribution is 0.564. The van der Waals surface area contributed by atoms with E-state index in [1.54, 1.807) is 12.5 Å². The summed E-state index contributed by atoms with van der Waals surface area (Å²) in [5.41, 5.74) is 4.80. The van der Waals surface area contributed by atoms with Gasteiger partial charge in [0.05, 0.1) is 18.2 Å². The molecule has 0 amide bonds. The summed E-state index contributed by atoms with van der Waals surface area (Å²) in [5.74, 6) is 0. The molecule has 0 atom stereocenters. The molecule has 16 heavy (non-hydrogen) atoms. The smallest absolute Gasteiger partial charge is 0.0952 e. The van der Waals surface area contributed by atoms with Crippen molar-refractivity contribution in [3.63, 3.8) is 0 Å². The summed E-state index contributed by atoms with van der Waals surface area (Å²) < 4.78 is 6.14. The van der Waals surface area contributed by atoms with E-state index in [1.165, 1.54) is 11.1 Å². The van der Waals surface area contributed by atoms with Crippen molar-refractivity contribution in [2.45, 2.75) is 20.4 Å². The molecule has 0 saturated heterocycles. The van der Waals surface area contributed by atoms with E-state index >= 15 is 0 Å². The van der Waals surface area contributed by atoms with E-state index in [9.17, 15) is 0 Å². The summed E-state index contributed by atoms with van der Waals surface area (Å²) in [6.45, 7) is 4.98. The van der Waals surface area contributed by atoms with Gasteiger partial charge in [0.25, 0.3) is 0 Å². The van der Waals surface area contributed by atoms with Crippen molar-refractivity contribution in [2.75, 3.05) is 5.32 Å². The van der Waals surface area contributed by atoms with Crippen molar-refractivity contribution in [1.29, 1.82) is 0 Å². The molecular weight excluding hydrogens is 266 g/mol. The fraction of sp³-hybridized carbons (Fsp3) is 0.231. The third-order valence-electron chi connectivity index (χ3n) is 2.48. The van der Waals surface area contributed by atoms with Gasteiger partial charge in [-0.2, -0.15) is 0 Å². The highest BCUT2D eigenvalue weighted by molar-refractivity contribution is 9.10. The summed E-state index contributed by atoms with van der Waals surface area (Å²) in [6.07, 6.45) is 3.44. The molecule has 2 aromatic rings. The molecule has 0 fully saturated rings. The molecule has 0 aliphatic carbocycles. The molecule has 84 valence electrons. The first kappa shape index (κ1) is 11.3. The fourth-order valence-electron chi connectivity index (χ4n) is 1.72. The Kier molecular flexibility index (Phi) is 3.34. The summed E-state index contributed by atoms with van der Waals surface area (Å²) in [7, 11) is 0. The largest absolute Gasteiger partial charge is 0.472 e. The Balaban J connectivity index is 2.15. The van der Waals surface area contributed by atoms with Gasteiger partial charge < -0.3 is 9.73 Å². The third kappa shape index (κ3) is 2.47. The van der Waals surface area contributed by atoms with Crippen LogP contribution < -0.4 is 5.32 Å². The monoisotopic (exact) mass is 279 g/mol. The van der Waals surface area contributed by atoms with Gasteiger partial charge in [-0.3, -0.25) is 0 Å². The second-order valence-electron chi connectivity index (χ2n) is 3.92. The molecule has 0 unspecified atom stereocenters. The molecule has 0 saturated carbocycles. The number of furan rings is 1. The van der Waals surface area contributed by atoms with E-state index in [0.29, 0.717) is 0 Å². The Morgan fingerprint density at radius 3 is 2.75 bits per heavy atom. The fourth-order valence-corrected chi connectivity index (χ4v) is 2.54. The van der Waals surface area contributed by atoms with Crippen LogP contribution in [0.1, 0.15) is 16.7 Å². The minimum absolute atomic E-state index is 0.777. The summed E-state index contributed by atoms with van der Waals surface area (Å²) in [4.78, 5) is 0. The van der Waals surface area contributed by atoms with Crippen LogP contribution in [0.25, 0.3) is 0 Å². The lowest BCUT2D eigenvalue weighted by Crippen LogP contribution is -2.01. The highest BCUT2D eigenvalue weighted by Crippen LogP contribution is 2.28. The van der Waals surface area contributed by atoms with E-state index in [4.69, 9.17) is 4.42 Å². The average Bonchev–Trinajstić information content (AvgIpc) is 2.68. The Hall–Kier alpha value is -1.22. The molecule has 0 aliphatic rings. The van der Waals surface area contributed by atoms with Crippen molar-refractivity contribution in [1.82, 2.24) is 0 Å². The Morgan fingerprint density at radius 1 is 1.31 bits per heavy atom. The van der Waals surface area contributed by atoms with E-state index in [1.807, 2.05) is 6.07 Å². The highest BCUT2D eigenvalue weighted by Gasteiger charge is 2.04.